The van der Waals surface area contributed by atoms with Crippen LogP contribution in [0.3, 0.4) is 0 Å². The smallest absolute Gasteiger partial charge is 0.299 e. The van der Waals surface area contributed by atoms with Crippen molar-refractivity contribution in [2.75, 3.05) is 26.0 Å². The molecule has 3 rings (SSSR count). The number of methoxy groups -OCH3 is 1. The van der Waals surface area contributed by atoms with Crippen LogP contribution in [0, 0.1) is 5.41 Å². The first-order valence-corrected chi connectivity index (χ1v) is 9.97. The number of oxazole rings is 1. The lowest BCUT2D eigenvalue weighted by Gasteiger charge is -2.17. The average molecular weight is 422 g/mol. The number of amides is 1. The number of nitrogens with zero attached hydrogens (tertiary/aromatic N) is 2. The number of carbonyl (C=O) groups excluding carboxylic acids is 1. The minimum Gasteiger partial charge on any atom is -0.496 e. The van der Waals surface area contributed by atoms with Crippen LogP contribution in [0.25, 0.3) is 11.3 Å². The van der Waals surface area contributed by atoms with Gasteiger partial charge in [-0.2, -0.15) is 0 Å². The number of carbonyl (C=O) groups is 1. The van der Waals surface area contributed by atoms with E-state index in [4.69, 9.17) is 20.3 Å². The quantitative estimate of drug-likeness (QED) is 0.453. The first-order valence-electron chi connectivity index (χ1n) is 9.97. The molecule has 0 atom stereocenters. The molecule has 0 spiro atoms. The Kier molecular flexibility index (Phi) is 7.04. The summed E-state index contributed by atoms with van der Waals surface area (Å²) in [5, 5.41) is 11.2. The molecule has 162 valence electrons. The molecule has 0 radical (unpaired) electrons. The van der Waals surface area contributed by atoms with Gasteiger partial charge in [-0.25, -0.2) is 4.98 Å². The van der Waals surface area contributed by atoms with E-state index in [1.807, 2.05) is 49.4 Å². The summed E-state index contributed by atoms with van der Waals surface area (Å²) in [7, 11) is 3.30. The second-order valence-corrected chi connectivity index (χ2v) is 7.01. The fourth-order valence-corrected chi connectivity index (χ4v) is 3.19. The second kappa shape index (κ2) is 9.90. The van der Waals surface area contributed by atoms with Crippen LogP contribution < -0.4 is 15.8 Å². The Hall–Kier alpha value is -3.65. The monoisotopic (exact) mass is 421 g/mol. The van der Waals surface area contributed by atoms with E-state index in [-0.39, 0.29) is 12.5 Å². The van der Waals surface area contributed by atoms with Crippen LogP contribution in [0.5, 0.6) is 5.75 Å². The van der Waals surface area contributed by atoms with E-state index in [1.54, 1.807) is 25.3 Å². The molecule has 31 heavy (non-hydrogen) atoms. The maximum absolute atomic E-state index is 11.8. The van der Waals surface area contributed by atoms with E-state index in [1.165, 1.54) is 0 Å². The summed E-state index contributed by atoms with van der Waals surface area (Å²) in [6.45, 7) is 2.32. The van der Waals surface area contributed by atoms with Crippen molar-refractivity contribution in [3.8, 4) is 17.1 Å². The topological polar surface area (TPSA) is 117 Å². The minimum absolute atomic E-state index is 0.0327. The first-order chi connectivity index (χ1) is 15.0. The molecule has 0 aliphatic rings. The standard InChI is InChI=1S/C23H27N5O3/c1-4-19(25)18-10-9-16(11-20(18)30-3)27-23-26-13-21(31-23)17-8-6-5-7-15(17)14-28(2)22(29)12-24/h5-11,13,25H,4,12,14,24H2,1-3H3,(H,26,27). The van der Waals surface area contributed by atoms with Crippen molar-refractivity contribution in [3.63, 3.8) is 0 Å². The lowest BCUT2D eigenvalue weighted by Crippen LogP contribution is -2.32. The van der Waals surface area contributed by atoms with Crippen LogP contribution in [0.2, 0.25) is 0 Å². The van der Waals surface area contributed by atoms with Gasteiger partial charge < -0.3 is 30.5 Å². The van der Waals surface area contributed by atoms with Gasteiger partial charge in [-0.05, 0) is 24.1 Å². The van der Waals surface area contributed by atoms with Gasteiger partial charge in [0, 0.05) is 42.2 Å². The van der Waals surface area contributed by atoms with Crippen molar-refractivity contribution >= 4 is 23.3 Å². The lowest BCUT2D eigenvalue weighted by atomic mass is 10.1. The van der Waals surface area contributed by atoms with Crippen molar-refractivity contribution in [1.29, 1.82) is 5.41 Å². The molecule has 0 bridgehead atoms. The fraction of sp³-hybridized carbons (Fsp3) is 0.261. The van der Waals surface area contributed by atoms with Gasteiger partial charge in [-0.3, -0.25) is 4.79 Å². The molecule has 0 saturated carbocycles. The van der Waals surface area contributed by atoms with E-state index in [0.29, 0.717) is 36.2 Å². The van der Waals surface area contributed by atoms with Crippen molar-refractivity contribution < 1.29 is 13.9 Å². The molecule has 0 aliphatic carbocycles. The van der Waals surface area contributed by atoms with E-state index in [9.17, 15) is 4.79 Å². The number of rotatable bonds is 9. The summed E-state index contributed by atoms with van der Waals surface area (Å²) in [6, 6.07) is 13.5. The molecule has 0 saturated heterocycles. The number of nitrogens with one attached hydrogen (secondary N) is 2. The van der Waals surface area contributed by atoms with Gasteiger partial charge in [0.2, 0.25) is 5.91 Å². The Labute approximate surface area is 181 Å². The van der Waals surface area contributed by atoms with Crippen LogP contribution in [-0.4, -0.2) is 42.2 Å². The van der Waals surface area contributed by atoms with Crippen LogP contribution in [0.1, 0.15) is 24.5 Å². The highest BCUT2D eigenvalue weighted by Crippen LogP contribution is 2.30. The zero-order valence-corrected chi connectivity index (χ0v) is 17.9. The molecule has 0 fully saturated rings. The third kappa shape index (κ3) is 5.10. The third-order valence-electron chi connectivity index (χ3n) is 4.93. The zero-order chi connectivity index (χ0) is 22.4. The molecule has 1 amide bonds. The van der Waals surface area contributed by atoms with Gasteiger partial charge in [-0.1, -0.05) is 31.2 Å². The van der Waals surface area contributed by atoms with E-state index in [2.05, 4.69) is 10.3 Å². The van der Waals surface area contributed by atoms with Crippen LogP contribution in [-0.2, 0) is 11.3 Å². The number of benzene rings is 2. The summed E-state index contributed by atoms with van der Waals surface area (Å²) >= 11 is 0. The Morgan fingerprint density at radius 1 is 1.29 bits per heavy atom. The van der Waals surface area contributed by atoms with Crippen LogP contribution in [0.4, 0.5) is 11.7 Å². The van der Waals surface area contributed by atoms with Gasteiger partial charge in [0.1, 0.15) is 5.75 Å². The largest absolute Gasteiger partial charge is 0.496 e. The average Bonchev–Trinajstić information content (AvgIpc) is 3.26. The van der Waals surface area contributed by atoms with Crippen LogP contribution >= 0.6 is 0 Å². The Morgan fingerprint density at radius 3 is 2.77 bits per heavy atom. The molecule has 1 heterocycles. The van der Waals surface area contributed by atoms with Crippen molar-refractivity contribution in [2.45, 2.75) is 19.9 Å². The molecule has 0 unspecified atom stereocenters. The van der Waals surface area contributed by atoms with Gasteiger partial charge in [-0.15, -0.1) is 0 Å². The molecule has 8 nitrogen and oxygen atoms in total. The number of aromatic nitrogens is 1. The third-order valence-corrected chi connectivity index (χ3v) is 4.93. The molecule has 2 aromatic carbocycles. The number of hydrogen-bond acceptors (Lipinski definition) is 7. The summed E-state index contributed by atoms with van der Waals surface area (Å²) in [5.74, 6) is 1.06. The maximum atomic E-state index is 11.8. The molecule has 1 aromatic heterocycles. The number of anilines is 2. The highest BCUT2D eigenvalue weighted by molar-refractivity contribution is 6.00. The fourth-order valence-electron chi connectivity index (χ4n) is 3.19. The number of hydrogen-bond donors (Lipinski definition) is 3. The Bertz CT molecular complexity index is 1080. The summed E-state index contributed by atoms with van der Waals surface area (Å²) in [5.41, 5.74) is 9.24. The van der Waals surface area contributed by atoms with E-state index >= 15 is 0 Å². The normalized spacial score (nSPS) is 10.6. The molecule has 4 N–H and O–H groups in total. The van der Waals surface area contributed by atoms with Gasteiger partial charge in [0.15, 0.2) is 5.76 Å². The van der Waals surface area contributed by atoms with Crippen molar-refractivity contribution in [1.82, 2.24) is 9.88 Å². The summed E-state index contributed by atoms with van der Waals surface area (Å²) in [6.07, 6.45) is 2.27. The predicted octanol–water partition coefficient (Wildman–Crippen LogP) is 3.79. The van der Waals surface area contributed by atoms with E-state index < -0.39 is 0 Å². The summed E-state index contributed by atoms with van der Waals surface area (Å²) < 4.78 is 11.4. The Balaban J connectivity index is 1.82. The molecule has 8 heteroatoms. The van der Waals surface area contributed by atoms with Crippen molar-refractivity contribution in [2.24, 2.45) is 5.73 Å². The predicted molar refractivity (Wildman–Crippen MR) is 121 cm³/mol. The van der Waals surface area contributed by atoms with Gasteiger partial charge >= 0.3 is 0 Å². The Morgan fingerprint density at radius 2 is 2.06 bits per heavy atom. The lowest BCUT2D eigenvalue weighted by molar-refractivity contribution is -0.128. The number of likely N-dealkylation sites (N-methyl/N-ethyl adjacent to an activating group) is 1. The molecular formula is C23H27N5O3. The second-order valence-electron chi connectivity index (χ2n) is 7.01. The summed E-state index contributed by atoms with van der Waals surface area (Å²) in [4.78, 5) is 17.7. The van der Waals surface area contributed by atoms with E-state index in [0.717, 1.165) is 22.4 Å². The van der Waals surface area contributed by atoms with Crippen molar-refractivity contribution in [3.05, 3.63) is 59.8 Å². The van der Waals surface area contributed by atoms with Gasteiger partial charge in [0.05, 0.1) is 19.9 Å². The highest BCUT2D eigenvalue weighted by Gasteiger charge is 2.15. The first kappa shape index (κ1) is 22.0. The van der Waals surface area contributed by atoms with Gasteiger partial charge in [0.25, 0.3) is 6.01 Å². The maximum Gasteiger partial charge on any atom is 0.299 e. The molecule has 3 aromatic rings. The minimum atomic E-state index is -0.136. The highest BCUT2D eigenvalue weighted by atomic mass is 16.5. The molecular weight excluding hydrogens is 394 g/mol. The number of nitrogens with two attached hydrogens (primary N) is 1. The SMILES string of the molecule is CCC(=N)c1ccc(Nc2ncc(-c3ccccc3CN(C)C(=O)CN)o2)cc1OC. The zero-order valence-electron chi connectivity index (χ0n) is 17.9. The van der Waals surface area contributed by atoms with Crippen LogP contribution in [0.15, 0.2) is 53.1 Å². The molecule has 0 aliphatic heterocycles. The number of ether oxygens (including phenoxy) is 1.